The van der Waals surface area contributed by atoms with Crippen LogP contribution in [0.3, 0.4) is 0 Å². The minimum atomic E-state index is -0.915. The Bertz CT molecular complexity index is 498. The van der Waals surface area contributed by atoms with Crippen molar-refractivity contribution in [3.63, 3.8) is 0 Å². The molecule has 1 atom stereocenters. The Hall–Kier alpha value is -1.43. The van der Waals surface area contributed by atoms with Crippen molar-refractivity contribution in [2.24, 2.45) is 0 Å². The van der Waals surface area contributed by atoms with E-state index in [1.54, 1.807) is 0 Å². The highest BCUT2D eigenvalue weighted by Crippen LogP contribution is 2.25. The molecule has 0 aromatic carbocycles. The number of likely N-dealkylation sites (tertiary alicyclic amines) is 1. The van der Waals surface area contributed by atoms with Crippen LogP contribution in [0.25, 0.3) is 0 Å². The van der Waals surface area contributed by atoms with Gasteiger partial charge in [0.1, 0.15) is 10.9 Å². The number of rotatable bonds is 4. The molecule has 5 nitrogen and oxygen atoms in total. The smallest absolute Gasteiger partial charge is 0.326 e. The first-order chi connectivity index (χ1) is 9.04. The quantitative estimate of drug-likeness (QED) is 0.918. The number of nitrogens with zero attached hydrogens (tertiary/aromatic N) is 2. The summed E-state index contributed by atoms with van der Waals surface area (Å²) in [6, 6.07) is -0.677. The average Bonchev–Trinajstić information content (AvgIpc) is 2.95. The summed E-state index contributed by atoms with van der Waals surface area (Å²) in [5, 5.41) is 10.1. The molecule has 1 saturated heterocycles. The topological polar surface area (TPSA) is 70.5 Å². The second-order valence-electron chi connectivity index (χ2n) is 4.77. The zero-order chi connectivity index (χ0) is 14.0. The van der Waals surface area contributed by atoms with Gasteiger partial charge in [0, 0.05) is 6.54 Å². The Balaban J connectivity index is 2.21. The van der Waals surface area contributed by atoms with Crippen LogP contribution < -0.4 is 0 Å². The predicted molar refractivity (Wildman–Crippen MR) is 72.5 cm³/mol. The van der Waals surface area contributed by atoms with E-state index in [4.69, 9.17) is 5.11 Å². The Morgan fingerprint density at radius 1 is 1.53 bits per heavy atom. The van der Waals surface area contributed by atoms with E-state index in [1.165, 1.54) is 16.2 Å². The van der Waals surface area contributed by atoms with E-state index < -0.39 is 12.0 Å². The zero-order valence-electron chi connectivity index (χ0n) is 11.2. The molecular formula is C13H18N2O3S. The summed E-state index contributed by atoms with van der Waals surface area (Å²) in [6.45, 7) is 4.41. The molecule has 19 heavy (non-hydrogen) atoms. The molecule has 2 heterocycles. The van der Waals surface area contributed by atoms with Gasteiger partial charge in [0.05, 0.1) is 10.7 Å². The fourth-order valence-electron chi connectivity index (χ4n) is 2.37. The van der Waals surface area contributed by atoms with Gasteiger partial charge in [-0.3, -0.25) is 4.79 Å². The molecule has 1 N–H and O–H groups in total. The highest BCUT2D eigenvalue weighted by Gasteiger charge is 2.35. The van der Waals surface area contributed by atoms with Gasteiger partial charge in [0.15, 0.2) is 0 Å². The molecule has 1 aromatic heterocycles. The van der Waals surface area contributed by atoms with Gasteiger partial charge in [-0.2, -0.15) is 0 Å². The van der Waals surface area contributed by atoms with Crippen molar-refractivity contribution in [3.8, 4) is 0 Å². The second-order valence-corrected chi connectivity index (χ2v) is 5.85. The summed E-state index contributed by atoms with van der Waals surface area (Å²) < 4.78 is 0. The first kappa shape index (κ1) is 14.0. The first-order valence-electron chi connectivity index (χ1n) is 6.54. The third-order valence-corrected chi connectivity index (χ3v) is 4.50. The van der Waals surface area contributed by atoms with Gasteiger partial charge in [-0.1, -0.05) is 6.92 Å². The number of aryl methyl sites for hydroxylation is 2. The van der Waals surface area contributed by atoms with Crippen molar-refractivity contribution in [1.29, 1.82) is 0 Å². The molecule has 1 amide bonds. The van der Waals surface area contributed by atoms with Crippen molar-refractivity contribution in [1.82, 2.24) is 9.88 Å². The van der Waals surface area contributed by atoms with E-state index in [1.807, 2.05) is 6.92 Å². The van der Waals surface area contributed by atoms with Crippen molar-refractivity contribution >= 4 is 23.2 Å². The maximum Gasteiger partial charge on any atom is 0.326 e. The van der Waals surface area contributed by atoms with Crippen molar-refractivity contribution in [2.75, 3.05) is 6.54 Å². The molecule has 1 fully saturated rings. The summed E-state index contributed by atoms with van der Waals surface area (Å²) in [4.78, 5) is 30.0. The molecule has 0 radical (unpaired) electrons. The predicted octanol–water partition coefficient (Wildman–Crippen LogP) is 2.09. The van der Waals surface area contributed by atoms with Gasteiger partial charge in [-0.15, -0.1) is 11.3 Å². The highest BCUT2D eigenvalue weighted by molar-refractivity contribution is 7.13. The van der Waals surface area contributed by atoms with E-state index >= 15 is 0 Å². The number of thiazole rings is 1. The molecule has 0 spiro atoms. The highest BCUT2D eigenvalue weighted by atomic mass is 32.1. The van der Waals surface area contributed by atoms with Crippen LogP contribution in [0.4, 0.5) is 0 Å². The zero-order valence-corrected chi connectivity index (χ0v) is 12.0. The van der Waals surface area contributed by atoms with Crippen molar-refractivity contribution in [2.45, 2.75) is 45.6 Å². The maximum atomic E-state index is 12.4. The number of amides is 1. The van der Waals surface area contributed by atoms with Gasteiger partial charge in [-0.25, -0.2) is 9.78 Å². The van der Waals surface area contributed by atoms with E-state index in [0.717, 1.165) is 30.0 Å². The monoisotopic (exact) mass is 282 g/mol. The summed E-state index contributed by atoms with van der Waals surface area (Å²) in [5.41, 5.74) is 0.717. The fraction of sp³-hybridized carbons (Fsp3) is 0.615. The van der Waals surface area contributed by atoms with E-state index in [0.29, 0.717) is 17.8 Å². The molecular weight excluding hydrogens is 264 g/mol. The Morgan fingerprint density at radius 2 is 2.26 bits per heavy atom. The van der Waals surface area contributed by atoms with E-state index in [2.05, 4.69) is 11.9 Å². The van der Waals surface area contributed by atoms with Gasteiger partial charge in [0.25, 0.3) is 5.91 Å². The number of carboxylic acid groups (broad SMARTS) is 1. The molecule has 1 aliphatic rings. The first-order valence-corrected chi connectivity index (χ1v) is 7.36. The number of aromatic nitrogens is 1. The lowest BCUT2D eigenvalue weighted by Gasteiger charge is -2.20. The minimum absolute atomic E-state index is 0.178. The van der Waals surface area contributed by atoms with Crippen LogP contribution in [0.15, 0.2) is 0 Å². The summed E-state index contributed by atoms with van der Waals surface area (Å²) >= 11 is 1.40. The number of hydrogen-bond acceptors (Lipinski definition) is 4. The molecule has 104 valence electrons. The average molecular weight is 282 g/mol. The normalized spacial score (nSPS) is 18.8. The lowest BCUT2D eigenvalue weighted by atomic mass is 10.2. The van der Waals surface area contributed by atoms with Gasteiger partial charge in [-0.05, 0) is 32.6 Å². The third-order valence-electron chi connectivity index (χ3n) is 3.30. The molecule has 2 rings (SSSR count). The number of aliphatic carboxylic acids is 1. The second kappa shape index (κ2) is 5.69. The van der Waals surface area contributed by atoms with Crippen LogP contribution in [0.2, 0.25) is 0 Å². The van der Waals surface area contributed by atoms with Crippen LogP contribution in [-0.4, -0.2) is 39.5 Å². The SMILES string of the molecule is CCCc1nc(C)c(C(=O)N2CCC[C@@H]2C(=O)O)s1. The van der Waals surface area contributed by atoms with Crippen LogP contribution >= 0.6 is 11.3 Å². The van der Waals surface area contributed by atoms with Gasteiger partial charge in [0.2, 0.25) is 0 Å². The largest absolute Gasteiger partial charge is 0.480 e. The van der Waals surface area contributed by atoms with Gasteiger partial charge >= 0.3 is 5.97 Å². The summed E-state index contributed by atoms with van der Waals surface area (Å²) in [5.74, 6) is -1.09. The third kappa shape index (κ3) is 2.78. The summed E-state index contributed by atoms with van der Waals surface area (Å²) in [6.07, 6.45) is 3.15. The Labute approximate surface area is 116 Å². The van der Waals surface area contributed by atoms with E-state index in [9.17, 15) is 9.59 Å². The molecule has 1 aromatic rings. The molecule has 0 aliphatic carbocycles. The van der Waals surface area contributed by atoms with Crippen LogP contribution in [-0.2, 0) is 11.2 Å². The number of carbonyl (C=O) groups excluding carboxylic acids is 1. The molecule has 1 aliphatic heterocycles. The number of carboxylic acids is 1. The lowest BCUT2D eigenvalue weighted by Crippen LogP contribution is -2.40. The number of carbonyl (C=O) groups is 2. The van der Waals surface area contributed by atoms with Crippen molar-refractivity contribution < 1.29 is 14.7 Å². The van der Waals surface area contributed by atoms with Crippen LogP contribution in [0.5, 0.6) is 0 Å². The van der Waals surface area contributed by atoms with Crippen molar-refractivity contribution in [3.05, 3.63) is 15.6 Å². The molecule has 0 saturated carbocycles. The molecule has 0 bridgehead atoms. The molecule has 0 unspecified atom stereocenters. The minimum Gasteiger partial charge on any atom is -0.480 e. The van der Waals surface area contributed by atoms with Crippen LogP contribution in [0, 0.1) is 6.92 Å². The Morgan fingerprint density at radius 3 is 2.89 bits per heavy atom. The standard InChI is InChI=1S/C13H18N2O3S/c1-3-5-10-14-8(2)11(19-10)12(16)15-7-4-6-9(15)13(17)18/h9H,3-7H2,1-2H3,(H,17,18)/t9-/m1/s1. The fourth-order valence-corrected chi connectivity index (χ4v) is 3.49. The number of hydrogen-bond donors (Lipinski definition) is 1. The maximum absolute atomic E-state index is 12.4. The van der Waals surface area contributed by atoms with E-state index in [-0.39, 0.29) is 5.91 Å². The van der Waals surface area contributed by atoms with Gasteiger partial charge < -0.3 is 10.0 Å². The van der Waals surface area contributed by atoms with Crippen LogP contribution in [0.1, 0.15) is 46.6 Å². The molecule has 6 heteroatoms. The Kier molecular flexibility index (Phi) is 4.19. The summed E-state index contributed by atoms with van der Waals surface area (Å²) in [7, 11) is 0. The lowest BCUT2D eigenvalue weighted by molar-refractivity contribution is -0.141.